The van der Waals surface area contributed by atoms with E-state index in [4.69, 9.17) is 0 Å². The minimum atomic E-state index is -0.822. The van der Waals surface area contributed by atoms with Crippen LogP contribution in [0.25, 0.3) is 0 Å². The number of carbonyl (C=O) groups is 1. The lowest BCUT2D eigenvalue weighted by molar-refractivity contribution is -0.128. The Morgan fingerprint density at radius 2 is 2.04 bits per heavy atom. The quantitative estimate of drug-likeness (QED) is 0.919. The predicted octanol–water partition coefficient (Wildman–Crippen LogP) is 3.51. The van der Waals surface area contributed by atoms with Gasteiger partial charge in [0.15, 0.2) is 0 Å². The Morgan fingerprint density at radius 1 is 1.27 bits per heavy atom. The van der Waals surface area contributed by atoms with E-state index in [0.717, 1.165) is 44.2 Å². The number of rotatable bonds is 4. The van der Waals surface area contributed by atoms with Gasteiger partial charge in [-0.25, -0.2) is 0 Å². The summed E-state index contributed by atoms with van der Waals surface area (Å²) in [5.41, 5.74) is 2.73. The topological polar surface area (TPSA) is 70.7 Å². The summed E-state index contributed by atoms with van der Waals surface area (Å²) in [4.78, 5) is 12.8. The highest BCUT2D eigenvalue weighted by molar-refractivity contribution is 5.86. The second-order valence-electron chi connectivity index (χ2n) is 7.51. The van der Waals surface area contributed by atoms with Crippen LogP contribution in [0.2, 0.25) is 0 Å². The average Bonchev–Trinajstić information content (AvgIpc) is 3.31. The van der Waals surface area contributed by atoms with E-state index < -0.39 is 5.41 Å². The second-order valence-corrected chi connectivity index (χ2v) is 7.51. The van der Waals surface area contributed by atoms with Crippen molar-refractivity contribution in [1.29, 1.82) is 5.26 Å². The van der Waals surface area contributed by atoms with Crippen LogP contribution in [0.15, 0.2) is 36.5 Å². The third-order valence-corrected chi connectivity index (χ3v) is 5.85. The Hall–Kier alpha value is -2.61. The fourth-order valence-corrected chi connectivity index (χ4v) is 4.33. The van der Waals surface area contributed by atoms with Crippen molar-refractivity contribution in [2.45, 2.75) is 57.5 Å². The number of aromatic nitrogens is 2. The van der Waals surface area contributed by atoms with E-state index in [-0.39, 0.29) is 11.9 Å². The van der Waals surface area contributed by atoms with Gasteiger partial charge >= 0.3 is 0 Å². The molecule has 1 saturated carbocycles. The predicted molar refractivity (Wildman–Crippen MR) is 98.1 cm³/mol. The molecule has 2 aliphatic carbocycles. The van der Waals surface area contributed by atoms with Crippen molar-refractivity contribution in [1.82, 2.24) is 15.1 Å². The van der Waals surface area contributed by atoms with Gasteiger partial charge in [-0.2, -0.15) is 10.4 Å². The lowest BCUT2D eigenvalue weighted by Gasteiger charge is -2.28. The molecule has 0 spiro atoms. The van der Waals surface area contributed by atoms with Crippen LogP contribution in [0.3, 0.4) is 0 Å². The number of hydrogen-bond acceptors (Lipinski definition) is 3. The molecule has 0 aliphatic heterocycles. The van der Waals surface area contributed by atoms with E-state index in [9.17, 15) is 10.1 Å². The molecule has 1 amide bonds. The third-order valence-electron chi connectivity index (χ3n) is 5.85. The number of hydrogen-bond donors (Lipinski definition) is 1. The number of benzene rings is 1. The number of nitrogens with one attached hydrogen (secondary N) is 1. The van der Waals surface area contributed by atoms with Gasteiger partial charge in [0.25, 0.3) is 0 Å². The lowest BCUT2D eigenvalue weighted by Crippen LogP contribution is -2.41. The van der Waals surface area contributed by atoms with E-state index in [1.807, 2.05) is 24.4 Å². The fourth-order valence-electron chi connectivity index (χ4n) is 4.33. The molecule has 5 heteroatoms. The van der Waals surface area contributed by atoms with Crippen LogP contribution in [0.5, 0.6) is 0 Å². The molecule has 2 aliphatic rings. The molecule has 134 valence electrons. The van der Waals surface area contributed by atoms with Gasteiger partial charge in [-0.3, -0.25) is 9.48 Å². The van der Waals surface area contributed by atoms with E-state index >= 15 is 0 Å². The molecule has 26 heavy (non-hydrogen) atoms. The Balaban J connectivity index is 1.53. The summed E-state index contributed by atoms with van der Waals surface area (Å²) < 4.78 is 2.05. The molecule has 1 atom stereocenters. The zero-order valence-electron chi connectivity index (χ0n) is 14.9. The molecule has 0 bridgehead atoms. The van der Waals surface area contributed by atoms with E-state index in [2.05, 4.69) is 33.3 Å². The highest BCUT2D eigenvalue weighted by atomic mass is 16.2. The maximum atomic E-state index is 12.8. The highest BCUT2D eigenvalue weighted by Gasteiger charge is 2.42. The lowest BCUT2D eigenvalue weighted by atomic mass is 9.85. The van der Waals surface area contributed by atoms with Crippen molar-refractivity contribution in [2.75, 3.05) is 0 Å². The standard InChI is InChI=1S/C21H24N4O/c22-15-21(11-4-5-12-21)20(26)24-18-9-6-10-19-17(18)13-23-25(19)14-16-7-2-1-3-8-16/h1-3,7-8,13,18H,4-6,9-12,14H2,(H,24,26). The summed E-state index contributed by atoms with van der Waals surface area (Å²) in [6, 6.07) is 12.6. The van der Waals surface area contributed by atoms with Crippen LogP contribution < -0.4 is 5.32 Å². The van der Waals surface area contributed by atoms with Gasteiger partial charge in [0.05, 0.1) is 24.9 Å². The molecular formula is C21H24N4O. The van der Waals surface area contributed by atoms with Gasteiger partial charge in [0.1, 0.15) is 5.41 Å². The maximum absolute atomic E-state index is 12.8. The molecule has 1 fully saturated rings. The first-order chi connectivity index (χ1) is 12.7. The average molecular weight is 348 g/mol. The van der Waals surface area contributed by atoms with Crippen LogP contribution in [0.1, 0.15) is 61.4 Å². The molecule has 4 rings (SSSR count). The van der Waals surface area contributed by atoms with Crippen molar-refractivity contribution in [3.05, 3.63) is 53.3 Å². The third kappa shape index (κ3) is 3.01. The van der Waals surface area contributed by atoms with Gasteiger partial charge < -0.3 is 5.32 Å². The minimum Gasteiger partial charge on any atom is -0.348 e. The Kier molecular flexibility index (Phi) is 4.50. The molecule has 0 radical (unpaired) electrons. The number of fused-ring (bicyclic) bond motifs is 1. The van der Waals surface area contributed by atoms with Gasteiger partial charge in [-0.1, -0.05) is 43.2 Å². The van der Waals surface area contributed by atoms with Crippen LogP contribution >= 0.6 is 0 Å². The smallest absolute Gasteiger partial charge is 0.240 e. The normalized spacial score (nSPS) is 21.0. The van der Waals surface area contributed by atoms with Gasteiger partial charge in [-0.05, 0) is 37.7 Å². The second kappa shape index (κ2) is 6.95. The van der Waals surface area contributed by atoms with Crippen LogP contribution in [0, 0.1) is 16.7 Å². The van der Waals surface area contributed by atoms with Gasteiger partial charge in [0, 0.05) is 11.3 Å². The molecule has 2 aromatic rings. The first kappa shape index (κ1) is 16.8. The zero-order valence-corrected chi connectivity index (χ0v) is 14.9. The van der Waals surface area contributed by atoms with Crippen molar-refractivity contribution in [3.63, 3.8) is 0 Å². The molecule has 1 aromatic carbocycles. The maximum Gasteiger partial charge on any atom is 0.240 e. The van der Waals surface area contributed by atoms with Gasteiger partial charge in [-0.15, -0.1) is 0 Å². The molecule has 1 heterocycles. The first-order valence-corrected chi connectivity index (χ1v) is 9.52. The Bertz CT molecular complexity index is 827. The summed E-state index contributed by atoms with van der Waals surface area (Å²) >= 11 is 0. The molecule has 1 aromatic heterocycles. The van der Waals surface area contributed by atoms with Crippen molar-refractivity contribution in [3.8, 4) is 6.07 Å². The molecule has 1 unspecified atom stereocenters. The number of nitriles is 1. The van der Waals surface area contributed by atoms with Crippen molar-refractivity contribution in [2.24, 2.45) is 5.41 Å². The number of amides is 1. The van der Waals surface area contributed by atoms with E-state index in [0.29, 0.717) is 12.8 Å². The van der Waals surface area contributed by atoms with E-state index in [1.54, 1.807) is 0 Å². The Labute approximate surface area is 154 Å². The molecular weight excluding hydrogens is 324 g/mol. The number of nitrogens with zero attached hydrogens (tertiary/aromatic N) is 3. The molecule has 1 N–H and O–H groups in total. The number of carbonyl (C=O) groups excluding carboxylic acids is 1. The van der Waals surface area contributed by atoms with Gasteiger partial charge in [0.2, 0.25) is 5.91 Å². The SMILES string of the molecule is N#CC1(C(=O)NC2CCCc3c2cnn3Cc2ccccc2)CCCC1. The summed E-state index contributed by atoms with van der Waals surface area (Å²) in [6.07, 6.45) is 8.12. The highest BCUT2D eigenvalue weighted by Crippen LogP contribution is 2.39. The van der Waals surface area contributed by atoms with Crippen LogP contribution in [-0.4, -0.2) is 15.7 Å². The first-order valence-electron chi connectivity index (χ1n) is 9.52. The zero-order chi connectivity index (χ0) is 18.0. The minimum absolute atomic E-state index is 0.0263. The van der Waals surface area contributed by atoms with E-state index in [1.165, 1.54) is 11.3 Å². The summed E-state index contributed by atoms with van der Waals surface area (Å²) in [5.74, 6) is -0.0915. The van der Waals surface area contributed by atoms with Crippen molar-refractivity contribution < 1.29 is 4.79 Å². The molecule has 5 nitrogen and oxygen atoms in total. The largest absolute Gasteiger partial charge is 0.348 e. The fraction of sp³-hybridized carbons (Fsp3) is 0.476. The summed E-state index contributed by atoms with van der Waals surface area (Å²) in [5, 5.41) is 17.3. The van der Waals surface area contributed by atoms with Crippen LogP contribution in [0.4, 0.5) is 0 Å². The summed E-state index contributed by atoms with van der Waals surface area (Å²) in [7, 11) is 0. The monoisotopic (exact) mass is 348 g/mol. The van der Waals surface area contributed by atoms with Crippen molar-refractivity contribution >= 4 is 5.91 Å². The molecule has 0 saturated heterocycles. The summed E-state index contributed by atoms with van der Waals surface area (Å²) in [6.45, 7) is 0.749. The van der Waals surface area contributed by atoms with Crippen LogP contribution in [-0.2, 0) is 17.8 Å². The Morgan fingerprint density at radius 3 is 2.77 bits per heavy atom.